The number of methoxy groups -OCH3 is 1. The van der Waals surface area contributed by atoms with E-state index in [4.69, 9.17) is 4.74 Å². The van der Waals surface area contributed by atoms with E-state index in [1.54, 1.807) is 67.6 Å². The summed E-state index contributed by atoms with van der Waals surface area (Å²) in [4.78, 5) is 18.2. The van der Waals surface area contributed by atoms with Crippen molar-refractivity contribution in [3.8, 4) is 5.75 Å². The summed E-state index contributed by atoms with van der Waals surface area (Å²) in [5, 5.41) is 3.12. The Morgan fingerprint density at radius 3 is 2.66 bits per heavy atom. The first-order chi connectivity index (χ1) is 15.4. The molecule has 0 aliphatic carbocycles. The van der Waals surface area contributed by atoms with Gasteiger partial charge in [-0.05, 0) is 60.5 Å². The second-order valence-corrected chi connectivity index (χ2v) is 8.98. The van der Waals surface area contributed by atoms with Gasteiger partial charge in [0.25, 0.3) is 10.0 Å². The monoisotopic (exact) mass is 452 g/mol. The molecule has 32 heavy (non-hydrogen) atoms. The van der Waals surface area contributed by atoms with Crippen molar-refractivity contribution in [1.82, 2.24) is 4.98 Å². The van der Waals surface area contributed by atoms with Gasteiger partial charge in [0.2, 0.25) is 5.91 Å². The van der Waals surface area contributed by atoms with E-state index in [1.807, 2.05) is 12.1 Å². The summed E-state index contributed by atoms with van der Waals surface area (Å²) in [6.45, 7) is 2.36. The van der Waals surface area contributed by atoms with Gasteiger partial charge in [-0.25, -0.2) is 13.4 Å². The zero-order valence-electron chi connectivity index (χ0n) is 17.8. The summed E-state index contributed by atoms with van der Waals surface area (Å²) in [6.07, 6.45) is 2.66. The number of amides is 1. The molecule has 9 heteroatoms. The number of aromatic nitrogens is 1. The van der Waals surface area contributed by atoms with Crippen molar-refractivity contribution in [2.24, 2.45) is 0 Å². The van der Waals surface area contributed by atoms with Gasteiger partial charge in [-0.3, -0.25) is 9.52 Å². The smallest absolute Gasteiger partial charge is 0.262 e. The highest BCUT2D eigenvalue weighted by Gasteiger charge is 2.26. The predicted molar refractivity (Wildman–Crippen MR) is 124 cm³/mol. The zero-order chi connectivity index (χ0) is 22.7. The molecule has 4 rings (SSSR count). The Morgan fingerprint density at radius 1 is 1.16 bits per heavy atom. The number of rotatable bonds is 7. The van der Waals surface area contributed by atoms with Crippen LogP contribution in [0.4, 0.5) is 22.9 Å². The van der Waals surface area contributed by atoms with Crippen LogP contribution in [0.5, 0.6) is 5.75 Å². The fraction of sp³-hybridized carbons (Fsp3) is 0.217. The van der Waals surface area contributed by atoms with E-state index in [0.717, 1.165) is 11.3 Å². The molecule has 8 nitrogen and oxygen atoms in total. The van der Waals surface area contributed by atoms with Gasteiger partial charge in [-0.15, -0.1) is 0 Å². The molecule has 1 aliphatic heterocycles. The Balaban J connectivity index is 1.60. The molecule has 3 aromatic rings. The summed E-state index contributed by atoms with van der Waals surface area (Å²) in [7, 11) is -2.32. The van der Waals surface area contributed by atoms with Crippen molar-refractivity contribution in [3.05, 3.63) is 66.4 Å². The molecule has 0 saturated heterocycles. The number of hydrogen-bond acceptors (Lipinski definition) is 6. The lowest BCUT2D eigenvalue weighted by molar-refractivity contribution is -0.118. The van der Waals surface area contributed by atoms with E-state index in [0.29, 0.717) is 42.3 Å². The fourth-order valence-electron chi connectivity index (χ4n) is 3.58. The summed E-state index contributed by atoms with van der Waals surface area (Å²) < 4.78 is 34.1. The molecule has 1 amide bonds. The van der Waals surface area contributed by atoms with Gasteiger partial charge in [0.05, 0.1) is 17.7 Å². The van der Waals surface area contributed by atoms with Crippen LogP contribution in [0.15, 0.2) is 65.7 Å². The van der Waals surface area contributed by atoms with Gasteiger partial charge in [-0.2, -0.15) is 0 Å². The summed E-state index contributed by atoms with van der Waals surface area (Å²) in [5.74, 6) is 1.05. The minimum absolute atomic E-state index is 0.0236. The summed E-state index contributed by atoms with van der Waals surface area (Å²) >= 11 is 0. The fourth-order valence-corrected chi connectivity index (χ4v) is 4.66. The van der Waals surface area contributed by atoms with Crippen LogP contribution in [0, 0.1) is 0 Å². The number of hydrogen-bond donors (Lipinski definition) is 2. The van der Waals surface area contributed by atoms with Crippen LogP contribution in [0.1, 0.15) is 18.9 Å². The number of carbonyl (C=O) groups is 1. The third kappa shape index (κ3) is 4.38. The number of nitrogens with one attached hydrogen (secondary N) is 2. The van der Waals surface area contributed by atoms with Crippen LogP contribution in [-0.2, 0) is 21.2 Å². The quantitative estimate of drug-likeness (QED) is 0.563. The molecule has 166 valence electrons. The van der Waals surface area contributed by atoms with Gasteiger partial charge in [0, 0.05) is 30.5 Å². The Bertz CT molecular complexity index is 1240. The molecule has 2 heterocycles. The first-order valence-electron chi connectivity index (χ1n) is 10.2. The average Bonchev–Trinajstić information content (AvgIpc) is 3.23. The molecule has 1 aliphatic rings. The van der Waals surface area contributed by atoms with Gasteiger partial charge in [-0.1, -0.05) is 13.0 Å². The number of benzene rings is 2. The molecule has 2 N–H and O–H groups in total. The van der Waals surface area contributed by atoms with Gasteiger partial charge >= 0.3 is 0 Å². The third-order valence-electron chi connectivity index (χ3n) is 5.27. The van der Waals surface area contributed by atoms with Crippen molar-refractivity contribution in [2.75, 3.05) is 28.6 Å². The van der Waals surface area contributed by atoms with E-state index in [-0.39, 0.29) is 10.8 Å². The van der Waals surface area contributed by atoms with Gasteiger partial charge in [0.15, 0.2) is 5.82 Å². The van der Waals surface area contributed by atoms with Crippen LogP contribution in [0.3, 0.4) is 0 Å². The van der Waals surface area contributed by atoms with E-state index < -0.39 is 10.0 Å². The topological polar surface area (TPSA) is 101 Å². The minimum Gasteiger partial charge on any atom is -0.497 e. The number of sulfonamides is 1. The largest absolute Gasteiger partial charge is 0.497 e. The Kier molecular flexibility index (Phi) is 6.00. The Morgan fingerprint density at radius 2 is 1.94 bits per heavy atom. The highest BCUT2D eigenvalue weighted by molar-refractivity contribution is 7.92. The van der Waals surface area contributed by atoms with Crippen molar-refractivity contribution in [1.29, 1.82) is 0 Å². The molecule has 2 aromatic carbocycles. The predicted octanol–water partition coefficient (Wildman–Crippen LogP) is 3.93. The SMILES string of the molecule is CCC(=O)N1CCc2ccc(S(=O)(=O)Nc3cccnc3Nc3ccc(OC)cc3)cc21. The summed E-state index contributed by atoms with van der Waals surface area (Å²) in [5.41, 5.74) is 2.66. The highest BCUT2D eigenvalue weighted by Crippen LogP contribution is 2.32. The highest BCUT2D eigenvalue weighted by atomic mass is 32.2. The Hall–Kier alpha value is -3.59. The number of pyridine rings is 1. The van der Waals surface area contributed by atoms with Gasteiger partial charge < -0.3 is 15.0 Å². The second kappa shape index (κ2) is 8.88. The van der Waals surface area contributed by atoms with Gasteiger partial charge in [0.1, 0.15) is 5.75 Å². The minimum atomic E-state index is -3.90. The molecule has 0 unspecified atom stereocenters. The number of fused-ring (bicyclic) bond motifs is 1. The maximum atomic E-state index is 13.1. The molecule has 0 radical (unpaired) electrons. The molecular formula is C23H24N4O4S. The van der Waals surface area contributed by atoms with Crippen molar-refractivity contribution >= 4 is 38.8 Å². The lowest BCUT2D eigenvalue weighted by atomic mass is 10.2. The van der Waals surface area contributed by atoms with Crippen LogP contribution in [0.2, 0.25) is 0 Å². The van der Waals surface area contributed by atoms with E-state index >= 15 is 0 Å². The van der Waals surface area contributed by atoms with Crippen molar-refractivity contribution < 1.29 is 17.9 Å². The van der Waals surface area contributed by atoms with Crippen LogP contribution in [-0.4, -0.2) is 33.0 Å². The number of carbonyl (C=O) groups excluding carboxylic acids is 1. The van der Waals surface area contributed by atoms with Crippen LogP contribution in [0.25, 0.3) is 0 Å². The third-order valence-corrected chi connectivity index (χ3v) is 6.63. The normalized spacial score (nSPS) is 12.9. The number of ether oxygens (including phenoxy) is 1. The maximum absolute atomic E-state index is 13.1. The molecule has 0 bridgehead atoms. The lowest BCUT2D eigenvalue weighted by Gasteiger charge is -2.18. The number of anilines is 4. The lowest BCUT2D eigenvalue weighted by Crippen LogP contribution is -2.28. The van der Waals surface area contributed by atoms with E-state index in [1.165, 1.54) is 0 Å². The molecule has 0 atom stereocenters. The van der Waals surface area contributed by atoms with Crippen molar-refractivity contribution in [2.45, 2.75) is 24.7 Å². The first-order valence-corrected chi connectivity index (χ1v) is 11.7. The standard InChI is InChI=1S/C23H24N4O4S/c1-3-22(28)27-14-12-16-6-11-19(15-21(16)27)32(29,30)26-20-5-4-13-24-23(20)25-17-7-9-18(31-2)10-8-17/h4-11,13,15,26H,3,12,14H2,1-2H3,(H,24,25). The molecule has 0 spiro atoms. The molecule has 0 saturated carbocycles. The van der Waals surface area contributed by atoms with E-state index in [9.17, 15) is 13.2 Å². The molecule has 0 fully saturated rings. The Labute approximate surface area is 187 Å². The van der Waals surface area contributed by atoms with Crippen LogP contribution < -0.4 is 19.7 Å². The molecule has 1 aromatic heterocycles. The van der Waals surface area contributed by atoms with E-state index in [2.05, 4.69) is 15.0 Å². The zero-order valence-corrected chi connectivity index (χ0v) is 18.6. The first kappa shape index (κ1) is 21.6. The summed E-state index contributed by atoms with van der Waals surface area (Å²) in [6, 6.07) is 15.4. The van der Waals surface area contributed by atoms with Crippen LogP contribution >= 0.6 is 0 Å². The van der Waals surface area contributed by atoms with Crippen molar-refractivity contribution in [3.63, 3.8) is 0 Å². The second-order valence-electron chi connectivity index (χ2n) is 7.30. The number of nitrogens with zero attached hydrogens (tertiary/aromatic N) is 2. The maximum Gasteiger partial charge on any atom is 0.262 e. The molecular weight excluding hydrogens is 428 g/mol. The average molecular weight is 453 g/mol.